The van der Waals surface area contributed by atoms with E-state index in [0.717, 1.165) is 12.1 Å². The van der Waals surface area contributed by atoms with E-state index >= 15 is 0 Å². The molecule has 2 heterocycles. The summed E-state index contributed by atoms with van der Waals surface area (Å²) < 4.78 is 1.79. The quantitative estimate of drug-likeness (QED) is 0.359. The topological polar surface area (TPSA) is 118 Å². The Morgan fingerprint density at radius 3 is 2.43 bits per heavy atom. The molecule has 2 N–H and O–H groups in total. The zero-order valence-corrected chi connectivity index (χ0v) is 17.4. The zero-order chi connectivity index (χ0) is 21.7. The van der Waals surface area contributed by atoms with Gasteiger partial charge in [0.25, 0.3) is 0 Å². The van der Waals surface area contributed by atoms with Gasteiger partial charge in [-0.2, -0.15) is 0 Å². The van der Waals surface area contributed by atoms with E-state index in [1.807, 2.05) is 37.2 Å². The molecule has 0 bridgehead atoms. The second kappa shape index (κ2) is 7.31. The third kappa shape index (κ3) is 3.18. The highest BCUT2D eigenvalue weighted by Gasteiger charge is 2.21. The van der Waals surface area contributed by atoms with Crippen LogP contribution >= 0.6 is 23.2 Å². The number of nitrogens with zero attached hydrogens (tertiary/aromatic N) is 6. The summed E-state index contributed by atoms with van der Waals surface area (Å²) in [5.74, 6) is 0. The van der Waals surface area contributed by atoms with Gasteiger partial charge in [-0.3, -0.25) is 9.59 Å². The molecule has 0 aliphatic carbocycles. The lowest BCUT2D eigenvalue weighted by Crippen LogP contribution is -2.40. The van der Waals surface area contributed by atoms with Crippen molar-refractivity contribution in [1.82, 2.24) is 29.4 Å². The molecule has 0 atom stereocenters. The van der Waals surface area contributed by atoms with Crippen molar-refractivity contribution in [3.63, 3.8) is 0 Å². The zero-order valence-electron chi connectivity index (χ0n) is 15.9. The van der Waals surface area contributed by atoms with Gasteiger partial charge >= 0.3 is 11.1 Å². The summed E-state index contributed by atoms with van der Waals surface area (Å²) in [4.78, 5) is 25.8. The minimum Gasteiger partial charge on any atom is -0.425 e. The minimum atomic E-state index is -1.33. The smallest absolute Gasteiger partial charge is 0.352 e. The molecule has 0 aliphatic heterocycles. The average molecular weight is 451 g/mol. The normalized spacial score (nSPS) is 11.8. The van der Waals surface area contributed by atoms with Crippen LogP contribution in [0.5, 0.6) is 0 Å². The van der Waals surface area contributed by atoms with Crippen molar-refractivity contribution < 1.29 is 10.4 Å². The van der Waals surface area contributed by atoms with Crippen LogP contribution in [-0.4, -0.2) is 53.9 Å². The molecule has 0 amide bonds. The van der Waals surface area contributed by atoms with Crippen LogP contribution in [0.1, 0.15) is 11.1 Å². The van der Waals surface area contributed by atoms with Crippen LogP contribution in [0.2, 0.25) is 10.0 Å². The van der Waals surface area contributed by atoms with Gasteiger partial charge < -0.3 is 15.3 Å². The first-order valence-corrected chi connectivity index (χ1v) is 9.48. The number of rotatable bonds is 4. The maximum absolute atomic E-state index is 12.0. The molecule has 12 heteroatoms. The summed E-state index contributed by atoms with van der Waals surface area (Å²) in [5.41, 5.74) is -0.419. The van der Waals surface area contributed by atoms with Crippen LogP contribution in [-0.2, 0) is 13.1 Å². The van der Waals surface area contributed by atoms with E-state index in [2.05, 4.69) is 10.3 Å². The Morgan fingerprint density at radius 1 is 1.03 bits per heavy atom. The molecule has 0 unspecified atom stereocenters. The fourth-order valence-electron chi connectivity index (χ4n) is 3.34. The minimum absolute atomic E-state index is 0.0257. The van der Waals surface area contributed by atoms with Crippen LogP contribution in [0.3, 0.4) is 0 Å². The van der Waals surface area contributed by atoms with Gasteiger partial charge in [0, 0.05) is 12.1 Å². The van der Waals surface area contributed by atoms with Crippen molar-refractivity contribution in [3.05, 3.63) is 66.1 Å². The summed E-state index contributed by atoms with van der Waals surface area (Å²) in [6.45, 7) is 0.704. The van der Waals surface area contributed by atoms with Crippen molar-refractivity contribution in [1.29, 1.82) is 0 Å². The Balaban J connectivity index is 1.92. The number of benzene rings is 2. The Hall–Kier alpha value is -3.08. The van der Waals surface area contributed by atoms with E-state index in [0.29, 0.717) is 11.0 Å². The third-order valence-corrected chi connectivity index (χ3v) is 5.49. The Bertz CT molecular complexity index is 1420. The van der Waals surface area contributed by atoms with E-state index in [9.17, 15) is 20.0 Å². The monoisotopic (exact) mass is 450 g/mol. The van der Waals surface area contributed by atoms with Crippen LogP contribution in [0.25, 0.3) is 22.1 Å². The Morgan fingerprint density at radius 2 is 1.73 bits per heavy atom. The molecule has 4 rings (SSSR count). The lowest BCUT2D eigenvalue weighted by Gasteiger charge is -2.14. The van der Waals surface area contributed by atoms with Crippen molar-refractivity contribution in [2.24, 2.45) is 0 Å². The lowest BCUT2D eigenvalue weighted by atomic mass is 10.1. The van der Waals surface area contributed by atoms with E-state index < -0.39 is 11.1 Å². The fourth-order valence-corrected chi connectivity index (χ4v) is 3.76. The Kier molecular flexibility index (Phi) is 4.92. The second-order valence-electron chi connectivity index (χ2n) is 7.06. The molecule has 0 aliphatic rings. The van der Waals surface area contributed by atoms with Crippen molar-refractivity contribution in [3.8, 4) is 0 Å². The average Bonchev–Trinajstić information content (AvgIpc) is 3.09. The summed E-state index contributed by atoms with van der Waals surface area (Å²) in [6.07, 6.45) is 0. The van der Waals surface area contributed by atoms with Gasteiger partial charge in [-0.15, -0.1) is 14.6 Å². The number of hydrogen-bond donors (Lipinski definition) is 2. The molecule has 0 radical (unpaired) electrons. The molecule has 0 saturated heterocycles. The first-order chi connectivity index (χ1) is 14.2. The summed E-state index contributed by atoms with van der Waals surface area (Å²) in [5, 5.41) is 28.7. The van der Waals surface area contributed by atoms with Gasteiger partial charge in [-0.1, -0.05) is 34.5 Å². The molecule has 10 nitrogen and oxygen atoms in total. The van der Waals surface area contributed by atoms with E-state index in [-0.39, 0.29) is 42.6 Å². The molecule has 0 saturated carbocycles. The van der Waals surface area contributed by atoms with Gasteiger partial charge in [0.1, 0.15) is 16.6 Å². The van der Waals surface area contributed by atoms with E-state index in [1.54, 1.807) is 0 Å². The number of halogens is 2. The van der Waals surface area contributed by atoms with Crippen LogP contribution in [0, 0.1) is 0 Å². The summed E-state index contributed by atoms with van der Waals surface area (Å²) in [6, 6.07) is 6.88. The maximum Gasteiger partial charge on any atom is 0.352 e. The highest BCUT2D eigenvalue weighted by atomic mass is 35.5. The largest absolute Gasteiger partial charge is 0.425 e. The van der Waals surface area contributed by atoms with Crippen LogP contribution in [0.4, 0.5) is 0 Å². The molecule has 2 aromatic carbocycles. The van der Waals surface area contributed by atoms with Crippen LogP contribution in [0.15, 0.2) is 33.9 Å². The molecule has 4 aromatic rings. The molecule has 0 fully saturated rings. The third-order valence-electron chi connectivity index (χ3n) is 4.66. The standard InChI is InChI=1S/C18H16Cl2N6O4/c1-23(2)7-9-3-4-13-12(5-9)21-22-24(13)8-10-15(20)11(19)6-14-16(10)26(30)18(28)17(27)25(14)29/h3-6,29-30H,7-8H2,1-2H3. The van der Waals surface area contributed by atoms with Gasteiger partial charge in [0.2, 0.25) is 0 Å². The maximum atomic E-state index is 12.0. The SMILES string of the molecule is CN(C)Cc1ccc2c(c1)nnn2Cc1c(Cl)c(Cl)cc2c1n(O)c(=O)c(=O)n2O. The highest BCUT2D eigenvalue weighted by molar-refractivity contribution is 6.43. The highest BCUT2D eigenvalue weighted by Crippen LogP contribution is 2.33. The molecule has 2 aromatic heterocycles. The number of aromatic nitrogens is 5. The fraction of sp³-hybridized carbons (Fsp3) is 0.222. The van der Waals surface area contributed by atoms with Gasteiger partial charge in [-0.05, 0) is 37.9 Å². The molecule has 0 spiro atoms. The first-order valence-electron chi connectivity index (χ1n) is 8.73. The first kappa shape index (κ1) is 20.2. The van der Waals surface area contributed by atoms with E-state index in [1.165, 1.54) is 10.7 Å². The summed E-state index contributed by atoms with van der Waals surface area (Å²) >= 11 is 12.5. The summed E-state index contributed by atoms with van der Waals surface area (Å²) in [7, 11) is 3.92. The van der Waals surface area contributed by atoms with Gasteiger partial charge in [0.05, 0.1) is 22.1 Å². The van der Waals surface area contributed by atoms with Crippen molar-refractivity contribution in [2.75, 3.05) is 14.1 Å². The predicted octanol–water partition coefficient (Wildman–Crippen LogP) is 1.80. The van der Waals surface area contributed by atoms with Gasteiger partial charge in [-0.25, -0.2) is 4.68 Å². The predicted molar refractivity (Wildman–Crippen MR) is 111 cm³/mol. The van der Waals surface area contributed by atoms with E-state index in [4.69, 9.17) is 23.2 Å². The number of hydrogen-bond acceptors (Lipinski definition) is 7. The molecular formula is C18H16Cl2N6O4. The van der Waals surface area contributed by atoms with Crippen LogP contribution < -0.4 is 11.1 Å². The second-order valence-corrected chi connectivity index (χ2v) is 7.85. The molecule has 156 valence electrons. The number of fused-ring (bicyclic) bond motifs is 2. The molecular weight excluding hydrogens is 435 g/mol. The van der Waals surface area contributed by atoms with Gasteiger partial charge in [0.15, 0.2) is 0 Å². The Labute approximate surface area is 178 Å². The van der Waals surface area contributed by atoms with Crippen molar-refractivity contribution >= 4 is 45.3 Å². The lowest BCUT2D eigenvalue weighted by molar-refractivity contribution is 0.157. The molecule has 30 heavy (non-hydrogen) atoms. The van der Waals surface area contributed by atoms with Crippen molar-refractivity contribution in [2.45, 2.75) is 13.1 Å².